The first-order valence-electron chi connectivity index (χ1n) is 9.23. The number of hydrogen-bond donors (Lipinski definition) is 2. The van der Waals surface area contributed by atoms with Crippen LogP contribution in [0.2, 0.25) is 0 Å². The summed E-state index contributed by atoms with van der Waals surface area (Å²) in [5, 5.41) is 6.88. The number of guanidine groups is 1. The molecule has 24 heavy (non-hydrogen) atoms. The molecule has 1 aromatic carbocycles. The van der Waals surface area contributed by atoms with Crippen molar-refractivity contribution < 1.29 is 4.74 Å². The summed E-state index contributed by atoms with van der Waals surface area (Å²) in [6.07, 6.45) is 5.06. The largest absolute Gasteiger partial charge is 0.496 e. The number of aliphatic imine (C=N–C) groups is 1. The fourth-order valence-electron chi connectivity index (χ4n) is 3.32. The van der Waals surface area contributed by atoms with E-state index in [1.54, 1.807) is 7.11 Å². The number of ether oxygens (including phenoxy) is 1. The van der Waals surface area contributed by atoms with E-state index >= 15 is 0 Å². The zero-order chi connectivity index (χ0) is 16.8. The average Bonchev–Trinajstić information content (AvgIpc) is 3.26. The second kappa shape index (κ2) is 8.38. The van der Waals surface area contributed by atoms with Gasteiger partial charge in [-0.25, -0.2) is 0 Å². The van der Waals surface area contributed by atoms with Crippen LogP contribution in [0.25, 0.3) is 0 Å². The van der Waals surface area contributed by atoms with Gasteiger partial charge in [-0.2, -0.15) is 0 Å². The molecular weight excluding hydrogens is 300 g/mol. The van der Waals surface area contributed by atoms with Crippen molar-refractivity contribution in [3.8, 4) is 5.75 Å². The van der Waals surface area contributed by atoms with Gasteiger partial charge in [0.2, 0.25) is 0 Å². The van der Waals surface area contributed by atoms with E-state index in [1.165, 1.54) is 31.2 Å². The first-order valence-corrected chi connectivity index (χ1v) is 9.23. The van der Waals surface area contributed by atoms with Crippen LogP contribution in [0.1, 0.15) is 44.2 Å². The SMILES string of the molecule is CCNC(=NCC(c1ccccc1OC)N1CCCC1)NC1CC1. The highest BCUT2D eigenvalue weighted by Gasteiger charge is 2.26. The maximum atomic E-state index is 5.61. The molecule has 0 bridgehead atoms. The minimum atomic E-state index is 0.276. The second-order valence-corrected chi connectivity index (χ2v) is 6.64. The molecule has 2 fully saturated rings. The van der Waals surface area contributed by atoms with Gasteiger partial charge in [-0.05, 0) is 51.8 Å². The monoisotopic (exact) mass is 330 g/mol. The molecule has 1 aliphatic carbocycles. The standard InChI is InChI=1S/C19H30N4O/c1-3-20-19(22-15-10-11-15)21-14-17(23-12-6-7-13-23)16-8-4-5-9-18(16)24-2/h4-5,8-9,15,17H,3,6-7,10-14H2,1-2H3,(H2,20,21,22). The highest BCUT2D eigenvalue weighted by Crippen LogP contribution is 2.31. The fourth-order valence-corrected chi connectivity index (χ4v) is 3.32. The van der Waals surface area contributed by atoms with E-state index in [0.29, 0.717) is 6.04 Å². The molecule has 1 atom stereocenters. The number of hydrogen-bond acceptors (Lipinski definition) is 3. The summed E-state index contributed by atoms with van der Waals surface area (Å²) in [5.41, 5.74) is 1.24. The van der Waals surface area contributed by atoms with Crippen molar-refractivity contribution in [1.82, 2.24) is 15.5 Å². The highest BCUT2D eigenvalue weighted by molar-refractivity contribution is 5.80. The number of nitrogens with one attached hydrogen (secondary N) is 2. The first-order chi connectivity index (χ1) is 11.8. The molecule has 1 saturated carbocycles. The summed E-state index contributed by atoms with van der Waals surface area (Å²) in [6.45, 7) is 6.04. The summed E-state index contributed by atoms with van der Waals surface area (Å²) >= 11 is 0. The number of nitrogens with zero attached hydrogens (tertiary/aromatic N) is 2. The van der Waals surface area contributed by atoms with Crippen LogP contribution in [0.3, 0.4) is 0 Å². The zero-order valence-corrected chi connectivity index (χ0v) is 14.9. The molecule has 5 heteroatoms. The molecule has 5 nitrogen and oxygen atoms in total. The van der Waals surface area contributed by atoms with Crippen molar-refractivity contribution in [2.24, 2.45) is 4.99 Å². The molecule has 1 aliphatic heterocycles. The van der Waals surface area contributed by atoms with Crippen LogP contribution in [0.5, 0.6) is 5.75 Å². The van der Waals surface area contributed by atoms with Crippen molar-refractivity contribution in [2.75, 3.05) is 33.3 Å². The van der Waals surface area contributed by atoms with Crippen molar-refractivity contribution in [1.29, 1.82) is 0 Å². The Hall–Kier alpha value is -1.75. The fraction of sp³-hybridized carbons (Fsp3) is 0.632. The third-order valence-electron chi connectivity index (χ3n) is 4.76. The van der Waals surface area contributed by atoms with E-state index in [2.05, 4.69) is 40.7 Å². The van der Waals surface area contributed by atoms with Crippen LogP contribution in [0.4, 0.5) is 0 Å². The van der Waals surface area contributed by atoms with E-state index in [0.717, 1.165) is 37.9 Å². The number of methoxy groups -OCH3 is 1. The van der Waals surface area contributed by atoms with Crippen molar-refractivity contribution in [2.45, 2.75) is 44.7 Å². The van der Waals surface area contributed by atoms with Crippen LogP contribution in [0.15, 0.2) is 29.3 Å². The molecule has 3 rings (SSSR count). The molecule has 0 amide bonds. The summed E-state index contributed by atoms with van der Waals surface area (Å²) in [4.78, 5) is 7.43. The molecular formula is C19H30N4O. The van der Waals surface area contributed by atoms with E-state index in [1.807, 2.05) is 6.07 Å². The predicted molar refractivity (Wildman–Crippen MR) is 98.7 cm³/mol. The smallest absolute Gasteiger partial charge is 0.191 e. The van der Waals surface area contributed by atoms with Crippen molar-refractivity contribution in [3.63, 3.8) is 0 Å². The quantitative estimate of drug-likeness (QED) is 0.596. The van der Waals surface area contributed by atoms with Gasteiger partial charge in [-0.3, -0.25) is 9.89 Å². The van der Waals surface area contributed by atoms with Crippen LogP contribution in [-0.4, -0.2) is 50.2 Å². The first kappa shape index (κ1) is 17.1. The minimum absolute atomic E-state index is 0.276. The van der Waals surface area contributed by atoms with E-state index in [-0.39, 0.29) is 6.04 Å². The second-order valence-electron chi connectivity index (χ2n) is 6.64. The Kier molecular flexibility index (Phi) is 5.96. The average molecular weight is 330 g/mol. The normalized spacial score (nSPS) is 20.0. The Morgan fingerprint density at radius 1 is 1.29 bits per heavy atom. The van der Waals surface area contributed by atoms with Gasteiger partial charge >= 0.3 is 0 Å². The molecule has 0 aromatic heterocycles. The number of rotatable bonds is 7. The van der Waals surface area contributed by atoms with E-state index in [4.69, 9.17) is 9.73 Å². The van der Waals surface area contributed by atoms with Gasteiger partial charge in [0.25, 0.3) is 0 Å². The van der Waals surface area contributed by atoms with Gasteiger partial charge in [0.05, 0.1) is 19.7 Å². The Morgan fingerprint density at radius 3 is 2.71 bits per heavy atom. The molecule has 2 aliphatic rings. The molecule has 1 aromatic rings. The summed E-state index contributed by atoms with van der Waals surface area (Å²) in [7, 11) is 1.75. The summed E-state index contributed by atoms with van der Waals surface area (Å²) in [5.74, 6) is 1.91. The third-order valence-corrected chi connectivity index (χ3v) is 4.76. The van der Waals surface area contributed by atoms with Gasteiger partial charge in [0.15, 0.2) is 5.96 Å². The Bertz CT molecular complexity index is 550. The van der Waals surface area contributed by atoms with Gasteiger partial charge < -0.3 is 15.4 Å². The summed E-state index contributed by atoms with van der Waals surface area (Å²) < 4.78 is 5.61. The van der Waals surface area contributed by atoms with E-state index < -0.39 is 0 Å². The molecule has 0 radical (unpaired) electrons. The Balaban J connectivity index is 1.78. The predicted octanol–water partition coefficient (Wildman–Crippen LogP) is 2.55. The van der Waals surface area contributed by atoms with Crippen LogP contribution in [0, 0.1) is 0 Å². The maximum Gasteiger partial charge on any atom is 0.191 e. The molecule has 132 valence electrons. The molecule has 1 saturated heterocycles. The lowest BCUT2D eigenvalue weighted by Crippen LogP contribution is -2.39. The van der Waals surface area contributed by atoms with Crippen molar-refractivity contribution >= 4 is 5.96 Å². The topological polar surface area (TPSA) is 48.9 Å². The lowest BCUT2D eigenvalue weighted by molar-refractivity contribution is 0.245. The number of benzene rings is 1. The van der Waals surface area contributed by atoms with Gasteiger partial charge in [0, 0.05) is 18.2 Å². The van der Waals surface area contributed by atoms with Crippen LogP contribution < -0.4 is 15.4 Å². The number of likely N-dealkylation sites (tertiary alicyclic amines) is 1. The third kappa shape index (κ3) is 4.41. The summed E-state index contributed by atoms with van der Waals surface area (Å²) in [6, 6.07) is 9.25. The van der Waals surface area contributed by atoms with Gasteiger partial charge in [-0.1, -0.05) is 18.2 Å². The minimum Gasteiger partial charge on any atom is -0.496 e. The lowest BCUT2D eigenvalue weighted by Gasteiger charge is -2.28. The van der Waals surface area contributed by atoms with Gasteiger partial charge in [0.1, 0.15) is 5.75 Å². The molecule has 1 unspecified atom stereocenters. The molecule has 1 heterocycles. The highest BCUT2D eigenvalue weighted by atomic mass is 16.5. The number of para-hydroxylation sites is 1. The zero-order valence-electron chi connectivity index (χ0n) is 14.9. The molecule has 2 N–H and O–H groups in total. The lowest BCUT2D eigenvalue weighted by atomic mass is 10.0. The Morgan fingerprint density at radius 2 is 2.04 bits per heavy atom. The Labute approximate surface area is 145 Å². The maximum absolute atomic E-state index is 5.61. The van der Waals surface area contributed by atoms with E-state index in [9.17, 15) is 0 Å². The van der Waals surface area contributed by atoms with Gasteiger partial charge in [-0.15, -0.1) is 0 Å². The van der Waals surface area contributed by atoms with Crippen molar-refractivity contribution in [3.05, 3.63) is 29.8 Å². The van der Waals surface area contributed by atoms with Crippen LogP contribution in [-0.2, 0) is 0 Å². The molecule has 0 spiro atoms. The van der Waals surface area contributed by atoms with Crippen LogP contribution >= 0.6 is 0 Å².